The van der Waals surface area contributed by atoms with Crippen molar-refractivity contribution in [3.05, 3.63) is 28.2 Å². The molecule has 3 nitrogen and oxygen atoms in total. The van der Waals surface area contributed by atoms with Gasteiger partial charge >= 0.3 is 0 Å². The summed E-state index contributed by atoms with van der Waals surface area (Å²) in [6.07, 6.45) is 2.81. The zero-order valence-corrected chi connectivity index (χ0v) is 14.8. The first-order valence-electron chi connectivity index (χ1n) is 7.82. The molecule has 1 saturated heterocycles. The molecule has 21 heavy (non-hydrogen) atoms. The lowest BCUT2D eigenvalue weighted by molar-refractivity contribution is 0.0260. The van der Waals surface area contributed by atoms with Gasteiger partial charge in [0.2, 0.25) is 0 Å². The zero-order chi connectivity index (χ0) is 15.2. The third-order valence-corrected chi connectivity index (χ3v) is 4.27. The fourth-order valence-corrected chi connectivity index (χ4v) is 3.06. The molecule has 0 amide bonds. The molecule has 1 fully saturated rings. The van der Waals surface area contributed by atoms with Crippen molar-refractivity contribution in [2.75, 3.05) is 13.2 Å². The Hall–Kier alpha value is -0.580. The van der Waals surface area contributed by atoms with Crippen molar-refractivity contribution in [2.45, 2.75) is 52.4 Å². The van der Waals surface area contributed by atoms with E-state index in [1.54, 1.807) is 0 Å². The lowest BCUT2D eigenvalue weighted by Gasteiger charge is -2.17. The van der Waals surface area contributed by atoms with Crippen LogP contribution in [-0.4, -0.2) is 25.4 Å². The lowest BCUT2D eigenvalue weighted by atomic mass is 10.1. The molecule has 2 atom stereocenters. The van der Waals surface area contributed by atoms with Crippen LogP contribution in [0.1, 0.15) is 39.2 Å². The van der Waals surface area contributed by atoms with E-state index in [0.717, 1.165) is 36.2 Å². The zero-order valence-electron chi connectivity index (χ0n) is 13.2. The highest BCUT2D eigenvalue weighted by Gasteiger charge is 2.22. The summed E-state index contributed by atoms with van der Waals surface area (Å²) in [5.41, 5.74) is 1.19. The van der Waals surface area contributed by atoms with E-state index in [9.17, 15) is 0 Å². The van der Waals surface area contributed by atoms with Crippen molar-refractivity contribution >= 4 is 15.9 Å². The average Bonchev–Trinajstić information content (AvgIpc) is 2.83. The summed E-state index contributed by atoms with van der Waals surface area (Å²) in [4.78, 5) is 0. The fraction of sp³-hybridized carbons (Fsp3) is 0.647. The minimum absolute atomic E-state index is 0.226. The van der Waals surface area contributed by atoms with E-state index in [4.69, 9.17) is 9.47 Å². The Morgan fingerprint density at radius 1 is 1.38 bits per heavy atom. The van der Waals surface area contributed by atoms with E-state index in [-0.39, 0.29) is 6.10 Å². The first-order valence-corrected chi connectivity index (χ1v) is 8.62. The van der Waals surface area contributed by atoms with Crippen LogP contribution in [0.15, 0.2) is 22.7 Å². The van der Waals surface area contributed by atoms with Gasteiger partial charge in [-0.05, 0) is 54.2 Å². The molecule has 0 aliphatic carbocycles. The van der Waals surface area contributed by atoms with E-state index in [0.29, 0.717) is 18.6 Å². The van der Waals surface area contributed by atoms with Crippen molar-refractivity contribution < 1.29 is 9.47 Å². The van der Waals surface area contributed by atoms with Crippen LogP contribution in [0.4, 0.5) is 0 Å². The maximum absolute atomic E-state index is 6.05. The van der Waals surface area contributed by atoms with Gasteiger partial charge in [0.25, 0.3) is 0 Å². The molecule has 118 valence electrons. The van der Waals surface area contributed by atoms with Crippen molar-refractivity contribution in [1.29, 1.82) is 0 Å². The molecule has 0 aromatic heterocycles. The van der Waals surface area contributed by atoms with Crippen molar-refractivity contribution in [3.63, 3.8) is 0 Å². The van der Waals surface area contributed by atoms with Crippen LogP contribution in [0.25, 0.3) is 0 Å². The standard InChI is InChI=1S/C17H26BrNO2/c1-12(2)9-19-10-14-5-4-6-16(18)17(14)20-11-15-8-7-13(3)21-15/h4-6,12-13,15,19H,7-11H2,1-3H3. The fourth-order valence-electron chi connectivity index (χ4n) is 2.53. The Labute approximate surface area is 136 Å². The van der Waals surface area contributed by atoms with Crippen LogP contribution in [-0.2, 0) is 11.3 Å². The van der Waals surface area contributed by atoms with Gasteiger partial charge in [-0.2, -0.15) is 0 Å². The number of nitrogens with one attached hydrogen (secondary N) is 1. The number of ether oxygens (including phenoxy) is 2. The second-order valence-electron chi connectivity index (χ2n) is 6.21. The predicted octanol–water partition coefficient (Wildman–Crippen LogP) is 4.14. The van der Waals surface area contributed by atoms with E-state index < -0.39 is 0 Å². The van der Waals surface area contributed by atoms with Gasteiger partial charge < -0.3 is 14.8 Å². The van der Waals surface area contributed by atoms with Crippen LogP contribution in [0.3, 0.4) is 0 Å². The van der Waals surface area contributed by atoms with Crippen molar-refractivity contribution in [2.24, 2.45) is 5.92 Å². The number of hydrogen-bond acceptors (Lipinski definition) is 3. The maximum atomic E-state index is 6.05. The van der Waals surface area contributed by atoms with Gasteiger partial charge in [-0.25, -0.2) is 0 Å². The second kappa shape index (κ2) is 8.16. The SMILES string of the molecule is CC(C)CNCc1cccc(Br)c1OCC1CCC(C)O1. The number of rotatable bonds is 7. The highest BCUT2D eigenvalue weighted by molar-refractivity contribution is 9.10. The van der Waals surface area contributed by atoms with E-state index >= 15 is 0 Å². The topological polar surface area (TPSA) is 30.5 Å². The second-order valence-corrected chi connectivity index (χ2v) is 7.06. The smallest absolute Gasteiger partial charge is 0.138 e. The van der Waals surface area contributed by atoms with Crippen LogP contribution in [0, 0.1) is 5.92 Å². The summed E-state index contributed by atoms with van der Waals surface area (Å²) in [6.45, 7) is 9.02. The van der Waals surface area contributed by atoms with E-state index in [1.165, 1.54) is 5.56 Å². The quantitative estimate of drug-likeness (QED) is 0.797. The first-order chi connectivity index (χ1) is 10.1. The molecule has 2 unspecified atom stereocenters. The maximum Gasteiger partial charge on any atom is 0.138 e. The summed E-state index contributed by atoms with van der Waals surface area (Å²) < 4.78 is 12.9. The minimum Gasteiger partial charge on any atom is -0.489 e. The predicted molar refractivity (Wildman–Crippen MR) is 89.8 cm³/mol. The molecule has 1 aromatic rings. The number of halogens is 1. The average molecular weight is 356 g/mol. The molecular formula is C17H26BrNO2. The molecule has 1 aliphatic heterocycles. The number of benzene rings is 1. The Morgan fingerprint density at radius 3 is 2.86 bits per heavy atom. The molecule has 0 radical (unpaired) electrons. The summed E-state index contributed by atoms with van der Waals surface area (Å²) in [7, 11) is 0. The molecule has 0 saturated carbocycles. The van der Waals surface area contributed by atoms with Gasteiger partial charge in [-0.15, -0.1) is 0 Å². The molecule has 1 heterocycles. The highest BCUT2D eigenvalue weighted by atomic mass is 79.9. The third kappa shape index (κ3) is 5.28. The van der Waals surface area contributed by atoms with Crippen LogP contribution in [0.2, 0.25) is 0 Å². The normalized spacial score (nSPS) is 22.0. The summed E-state index contributed by atoms with van der Waals surface area (Å²) in [6, 6.07) is 6.20. The minimum atomic E-state index is 0.226. The van der Waals surface area contributed by atoms with Gasteiger partial charge in [-0.1, -0.05) is 26.0 Å². The Bertz CT molecular complexity index is 450. The Kier molecular flexibility index (Phi) is 6.52. The first kappa shape index (κ1) is 16.8. The molecule has 1 N–H and O–H groups in total. The van der Waals surface area contributed by atoms with Gasteiger partial charge in [0, 0.05) is 12.1 Å². The van der Waals surface area contributed by atoms with Crippen molar-refractivity contribution in [3.8, 4) is 5.75 Å². The monoisotopic (exact) mass is 355 g/mol. The Balaban J connectivity index is 1.93. The van der Waals surface area contributed by atoms with Crippen LogP contribution < -0.4 is 10.1 Å². The van der Waals surface area contributed by atoms with Gasteiger partial charge in [0.05, 0.1) is 16.7 Å². The largest absolute Gasteiger partial charge is 0.489 e. The molecule has 0 spiro atoms. The summed E-state index contributed by atoms with van der Waals surface area (Å²) >= 11 is 3.60. The lowest BCUT2D eigenvalue weighted by Crippen LogP contribution is -2.21. The van der Waals surface area contributed by atoms with E-state index in [2.05, 4.69) is 54.2 Å². The number of para-hydroxylation sites is 1. The molecule has 2 rings (SSSR count). The molecular weight excluding hydrogens is 330 g/mol. The van der Waals surface area contributed by atoms with Crippen LogP contribution >= 0.6 is 15.9 Å². The van der Waals surface area contributed by atoms with Gasteiger partial charge in [0.1, 0.15) is 12.4 Å². The van der Waals surface area contributed by atoms with Crippen molar-refractivity contribution in [1.82, 2.24) is 5.32 Å². The number of hydrogen-bond donors (Lipinski definition) is 1. The molecule has 1 aromatic carbocycles. The molecule has 0 bridgehead atoms. The summed E-state index contributed by atoms with van der Waals surface area (Å²) in [5, 5.41) is 3.47. The van der Waals surface area contributed by atoms with Crippen LogP contribution in [0.5, 0.6) is 5.75 Å². The van der Waals surface area contributed by atoms with Gasteiger partial charge in [-0.3, -0.25) is 0 Å². The Morgan fingerprint density at radius 2 is 2.19 bits per heavy atom. The highest BCUT2D eigenvalue weighted by Crippen LogP contribution is 2.30. The van der Waals surface area contributed by atoms with E-state index in [1.807, 2.05) is 6.07 Å². The van der Waals surface area contributed by atoms with Gasteiger partial charge in [0.15, 0.2) is 0 Å². The molecule has 4 heteroatoms. The third-order valence-electron chi connectivity index (χ3n) is 3.65. The summed E-state index contributed by atoms with van der Waals surface area (Å²) in [5.74, 6) is 1.59. The molecule has 1 aliphatic rings.